The molecule has 0 aliphatic carbocycles. The number of benzene rings is 1. The molecule has 0 saturated carbocycles. The van der Waals surface area contributed by atoms with E-state index in [2.05, 4.69) is 0 Å². The number of hydrogen-bond donors (Lipinski definition) is 1. The van der Waals surface area contributed by atoms with Crippen LogP contribution in [0.15, 0.2) is 29.2 Å². The van der Waals surface area contributed by atoms with Crippen molar-refractivity contribution in [1.82, 2.24) is 0 Å². The van der Waals surface area contributed by atoms with Gasteiger partial charge in [0, 0.05) is 10.1 Å². The lowest BCUT2D eigenvalue weighted by atomic mass is 9.98. The van der Waals surface area contributed by atoms with Gasteiger partial charge >= 0.3 is 5.97 Å². The van der Waals surface area contributed by atoms with Crippen molar-refractivity contribution in [2.75, 3.05) is 14.2 Å². The average molecular weight is 283 g/mol. The van der Waals surface area contributed by atoms with Crippen molar-refractivity contribution < 1.29 is 14.3 Å². The van der Waals surface area contributed by atoms with Crippen LogP contribution >= 0.6 is 11.8 Å². The fraction of sp³-hybridized carbons (Fsp3) is 0.500. The van der Waals surface area contributed by atoms with E-state index < -0.39 is 5.54 Å². The second kappa shape index (κ2) is 6.82. The lowest BCUT2D eigenvalue weighted by Crippen LogP contribution is -2.47. The lowest BCUT2D eigenvalue weighted by Gasteiger charge is -2.24. The molecule has 0 spiro atoms. The molecule has 2 N–H and O–H groups in total. The first kappa shape index (κ1) is 15.9. The number of esters is 1. The Morgan fingerprint density at radius 2 is 2.16 bits per heavy atom. The predicted octanol–water partition coefficient (Wildman–Crippen LogP) is 2.46. The molecule has 0 bridgehead atoms. The molecule has 1 aromatic carbocycles. The molecule has 5 heteroatoms. The summed E-state index contributed by atoms with van der Waals surface area (Å²) in [6.07, 6.45) is 0.543. The largest absolute Gasteiger partial charge is 0.497 e. The summed E-state index contributed by atoms with van der Waals surface area (Å²) < 4.78 is 9.89. The number of nitrogens with two attached hydrogens (primary N) is 1. The van der Waals surface area contributed by atoms with Crippen LogP contribution in [0.5, 0.6) is 5.75 Å². The molecule has 0 fully saturated rings. The van der Waals surface area contributed by atoms with Gasteiger partial charge in [0.1, 0.15) is 11.3 Å². The Morgan fingerprint density at radius 1 is 1.47 bits per heavy atom. The number of rotatable bonds is 6. The van der Waals surface area contributed by atoms with Crippen molar-refractivity contribution in [2.45, 2.75) is 36.0 Å². The summed E-state index contributed by atoms with van der Waals surface area (Å²) in [6, 6.07) is 7.81. The summed E-state index contributed by atoms with van der Waals surface area (Å²) >= 11 is 1.66. The van der Waals surface area contributed by atoms with Crippen LogP contribution in [0.2, 0.25) is 0 Å². The molecule has 0 aromatic heterocycles. The maximum atomic E-state index is 11.5. The third-order valence-electron chi connectivity index (χ3n) is 2.74. The first-order chi connectivity index (χ1) is 8.89. The third kappa shape index (κ3) is 4.76. The Labute approximate surface area is 118 Å². The highest BCUT2D eigenvalue weighted by Crippen LogP contribution is 2.30. The van der Waals surface area contributed by atoms with Crippen LogP contribution in [0.25, 0.3) is 0 Å². The number of hydrogen-bond acceptors (Lipinski definition) is 5. The molecule has 0 heterocycles. The highest BCUT2D eigenvalue weighted by Gasteiger charge is 2.31. The average Bonchev–Trinajstić information content (AvgIpc) is 2.37. The molecule has 19 heavy (non-hydrogen) atoms. The van der Waals surface area contributed by atoms with E-state index in [0.717, 1.165) is 10.6 Å². The second-order valence-electron chi connectivity index (χ2n) is 4.72. The monoisotopic (exact) mass is 283 g/mol. The summed E-state index contributed by atoms with van der Waals surface area (Å²) in [5.41, 5.74) is 5.01. The molecule has 2 atom stereocenters. The van der Waals surface area contributed by atoms with Crippen LogP contribution in [0.4, 0.5) is 0 Å². The van der Waals surface area contributed by atoms with Crippen molar-refractivity contribution in [2.24, 2.45) is 5.73 Å². The maximum absolute atomic E-state index is 11.5. The zero-order chi connectivity index (χ0) is 14.5. The van der Waals surface area contributed by atoms with Crippen LogP contribution in [0.1, 0.15) is 20.3 Å². The summed E-state index contributed by atoms with van der Waals surface area (Å²) in [5.74, 6) is 0.436. The Morgan fingerprint density at radius 3 is 2.74 bits per heavy atom. The molecule has 0 aliphatic heterocycles. The number of methoxy groups -OCH3 is 2. The van der Waals surface area contributed by atoms with Gasteiger partial charge in [-0.2, -0.15) is 0 Å². The molecule has 106 valence electrons. The van der Waals surface area contributed by atoms with Gasteiger partial charge in [-0.1, -0.05) is 13.0 Å². The first-order valence-corrected chi connectivity index (χ1v) is 6.95. The number of thioether (sulfide) groups is 1. The Hall–Kier alpha value is -1.20. The van der Waals surface area contributed by atoms with Crippen LogP contribution in [0.3, 0.4) is 0 Å². The van der Waals surface area contributed by atoms with Crippen LogP contribution in [0, 0.1) is 0 Å². The van der Waals surface area contributed by atoms with E-state index in [4.69, 9.17) is 15.2 Å². The topological polar surface area (TPSA) is 61.5 Å². The van der Waals surface area contributed by atoms with Gasteiger partial charge in [-0.25, -0.2) is 0 Å². The Kier molecular flexibility index (Phi) is 5.69. The van der Waals surface area contributed by atoms with Gasteiger partial charge in [0.25, 0.3) is 0 Å². The molecule has 1 rings (SSSR count). The van der Waals surface area contributed by atoms with E-state index >= 15 is 0 Å². The van der Waals surface area contributed by atoms with Crippen LogP contribution in [-0.4, -0.2) is 31.0 Å². The van der Waals surface area contributed by atoms with Gasteiger partial charge in [0.05, 0.1) is 14.2 Å². The summed E-state index contributed by atoms with van der Waals surface area (Å²) in [5, 5.41) is 0.196. The molecule has 0 radical (unpaired) electrons. The van der Waals surface area contributed by atoms with E-state index in [9.17, 15) is 4.79 Å². The fourth-order valence-electron chi connectivity index (χ4n) is 1.86. The normalized spacial score (nSPS) is 15.4. The summed E-state index contributed by atoms with van der Waals surface area (Å²) in [6.45, 7) is 3.74. The van der Waals surface area contributed by atoms with Crippen LogP contribution in [-0.2, 0) is 9.53 Å². The van der Waals surface area contributed by atoms with E-state index in [1.807, 2.05) is 31.2 Å². The van der Waals surface area contributed by atoms with Gasteiger partial charge in [-0.05, 0) is 31.5 Å². The minimum atomic E-state index is -0.958. The van der Waals surface area contributed by atoms with Gasteiger partial charge in [-0.15, -0.1) is 11.8 Å². The SMILES string of the molecule is COC(=O)C(C)(N)CC(C)Sc1cccc(OC)c1. The molecule has 0 aliphatic rings. The summed E-state index contributed by atoms with van der Waals surface area (Å²) in [7, 11) is 2.99. The molecule has 0 amide bonds. The second-order valence-corrected chi connectivity index (χ2v) is 6.23. The zero-order valence-electron chi connectivity index (χ0n) is 11.8. The van der Waals surface area contributed by atoms with E-state index in [1.54, 1.807) is 25.8 Å². The quantitative estimate of drug-likeness (QED) is 0.642. The number of carbonyl (C=O) groups excluding carboxylic acids is 1. The fourth-order valence-corrected chi connectivity index (χ4v) is 3.10. The number of carbonyl (C=O) groups is 1. The molecule has 2 unspecified atom stereocenters. The van der Waals surface area contributed by atoms with Crippen molar-refractivity contribution in [3.63, 3.8) is 0 Å². The van der Waals surface area contributed by atoms with Crippen molar-refractivity contribution >= 4 is 17.7 Å². The molecular weight excluding hydrogens is 262 g/mol. The van der Waals surface area contributed by atoms with E-state index in [0.29, 0.717) is 6.42 Å². The van der Waals surface area contributed by atoms with Gasteiger partial charge < -0.3 is 15.2 Å². The predicted molar refractivity (Wildman–Crippen MR) is 77.5 cm³/mol. The van der Waals surface area contributed by atoms with E-state index in [1.165, 1.54) is 7.11 Å². The first-order valence-electron chi connectivity index (χ1n) is 6.07. The smallest absolute Gasteiger partial charge is 0.325 e. The lowest BCUT2D eigenvalue weighted by molar-refractivity contribution is -0.146. The molecule has 4 nitrogen and oxygen atoms in total. The number of ether oxygens (including phenoxy) is 2. The summed E-state index contributed by atoms with van der Waals surface area (Å²) in [4.78, 5) is 12.6. The Bertz CT molecular complexity index is 434. The standard InChI is InChI=1S/C14H21NO3S/c1-10(9-14(2,15)13(16)18-4)19-12-7-5-6-11(8-12)17-3/h5-8,10H,9,15H2,1-4H3. The van der Waals surface area contributed by atoms with Crippen LogP contribution < -0.4 is 10.5 Å². The van der Waals surface area contributed by atoms with E-state index in [-0.39, 0.29) is 11.2 Å². The van der Waals surface area contributed by atoms with Crippen molar-refractivity contribution in [3.05, 3.63) is 24.3 Å². The van der Waals surface area contributed by atoms with Gasteiger partial charge in [0.2, 0.25) is 0 Å². The molecule has 1 aromatic rings. The Balaban J connectivity index is 2.64. The van der Waals surface area contributed by atoms with Gasteiger partial charge in [0.15, 0.2) is 0 Å². The minimum Gasteiger partial charge on any atom is -0.497 e. The highest BCUT2D eigenvalue weighted by molar-refractivity contribution is 8.00. The van der Waals surface area contributed by atoms with Gasteiger partial charge in [-0.3, -0.25) is 4.79 Å². The molecule has 0 saturated heterocycles. The van der Waals surface area contributed by atoms with Crippen molar-refractivity contribution in [1.29, 1.82) is 0 Å². The zero-order valence-corrected chi connectivity index (χ0v) is 12.6. The van der Waals surface area contributed by atoms with Crippen molar-refractivity contribution in [3.8, 4) is 5.75 Å². The highest BCUT2D eigenvalue weighted by atomic mass is 32.2. The molecular formula is C14H21NO3S. The third-order valence-corrected chi connectivity index (χ3v) is 3.84. The maximum Gasteiger partial charge on any atom is 0.325 e. The minimum absolute atomic E-state index is 0.196.